The molecular formula is C17H14F3N5O. The van der Waals surface area contributed by atoms with E-state index in [-0.39, 0.29) is 12.1 Å². The average Bonchev–Trinajstić information content (AvgIpc) is 2.60. The molecule has 0 atom stereocenters. The molecule has 0 bridgehead atoms. The number of fused-ring (bicyclic) bond motifs is 2. The molecule has 26 heavy (non-hydrogen) atoms. The van der Waals surface area contributed by atoms with Crippen LogP contribution in [0.3, 0.4) is 0 Å². The van der Waals surface area contributed by atoms with Crippen LogP contribution >= 0.6 is 0 Å². The number of halogens is 3. The first-order valence-electron chi connectivity index (χ1n) is 7.98. The van der Waals surface area contributed by atoms with Crippen LogP contribution in [-0.2, 0) is 19.1 Å². The smallest absolute Gasteiger partial charge is 0.350 e. The monoisotopic (exact) mass is 361 g/mol. The van der Waals surface area contributed by atoms with Gasteiger partial charge in [-0.25, -0.2) is 4.98 Å². The molecule has 0 amide bonds. The summed E-state index contributed by atoms with van der Waals surface area (Å²) in [5.74, 6) is 0.552. The Labute approximate surface area is 145 Å². The van der Waals surface area contributed by atoms with Crippen molar-refractivity contribution in [3.05, 3.63) is 63.3 Å². The van der Waals surface area contributed by atoms with Gasteiger partial charge in [-0.1, -0.05) is 0 Å². The Hall–Kier alpha value is -2.97. The SMILES string of the molecule is Cc1cc2nccc(=O)n2nc1N1CCc2ncc(C(F)(F)F)cc2C1. The normalized spacial score (nSPS) is 14.5. The van der Waals surface area contributed by atoms with E-state index >= 15 is 0 Å². The second-order valence-electron chi connectivity index (χ2n) is 6.20. The number of aryl methyl sites for hydroxylation is 1. The lowest BCUT2D eigenvalue weighted by Crippen LogP contribution is -2.33. The maximum atomic E-state index is 13.0. The molecule has 0 unspecified atom stereocenters. The zero-order valence-corrected chi connectivity index (χ0v) is 13.8. The van der Waals surface area contributed by atoms with Crippen LogP contribution < -0.4 is 10.5 Å². The van der Waals surface area contributed by atoms with Crippen LogP contribution in [0.2, 0.25) is 0 Å². The van der Waals surface area contributed by atoms with E-state index in [0.29, 0.717) is 35.7 Å². The summed E-state index contributed by atoms with van der Waals surface area (Å²) < 4.78 is 40.0. The second kappa shape index (κ2) is 5.79. The van der Waals surface area contributed by atoms with Crippen molar-refractivity contribution >= 4 is 11.5 Å². The second-order valence-corrected chi connectivity index (χ2v) is 6.20. The molecule has 0 spiro atoms. The maximum absolute atomic E-state index is 13.0. The van der Waals surface area contributed by atoms with Crippen LogP contribution in [0.5, 0.6) is 0 Å². The fourth-order valence-electron chi connectivity index (χ4n) is 3.12. The number of rotatable bonds is 1. The van der Waals surface area contributed by atoms with Gasteiger partial charge in [0.25, 0.3) is 5.56 Å². The average molecular weight is 361 g/mol. The van der Waals surface area contributed by atoms with E-state index in [1.165, 1.54) is 16.8 Å². The summed E-state index contributed by atoms with van der Waals surface area (Å²) in [6.45, 7) is 2.64. The molecule has 3 aromatic heterocycles. The van der Waals surface area contributed by atoms with Crippen molar-refractivity contribution < 1.29 is 13.2 Å². The summed E-state index contributed by atoms with van der Waals surface area (Å²) in [5.41, 5.74) is 1.33. The highest BCUT2D eigenvalue weighted by Crippen LogP contribution is 2.32. The molecule has 0 radical (unpaired) electrons. The Kier molecular flexibility index (Phi) is 3.67. The third-order valence-electron chi connectivity index (χ3n) is 4.41. The Balaban J connectivity index is 1.75. The topological polar surface area (TPSA) is 63.4 Å². The lowest BCUT2D eigenvalue weighted by molar-refractivity contribution is -0.137. The largest absolute Gasteiger partial charge is 0.417 e. The van der Waals surface area contributed by atoms with Gasteiger partial charge >= 0.3 is 6.18 Å². The van der Waals surface area contributed by atoms with Gasteiger partial charge in [-0.2, -0.15) is 17.7 Å². The molecule has 0 aromatic carbocycles. The molecule has 1 aliphatic rings. The van der Waals surface area contributed by atoms with Crippen LogP contribution in [-0.4, -0.2) is 26.1 Å². The summed E-state index contributed by atoms with van der Waals surface area (Å²) in [7, 11) is 0. The van der Waals surface area contributed by atoms with E-state index in [9.17, 15) is 18.0 Å². The summed E-state index contributed by atoms with van der Waals surface area (Å²) in [4.78, 5) is 21.9. The zero-order valence-electron chi connectivity index (χ0n) is 13.8. The van der Waals surface area contributed by atoms with Crippen molar-refractivity contribution in [2.75, 3.05) is 11.4 Å². The van der Waals surface area contributed by atoms with Crippen molar-refractivity contribution in [2.24, 2.45) is 0 Å². The van der Waals surface area contributed by atoms with Gasteiger partial charge in [0.1, 0.15) is 0 Å². The van der Waals surface area contributed by atoms with Crippen molar-refractivity contribution in [1.82, 2.24) is 19.6 Å². The number of anilines is 1. The first-order valence-corrected chi connectivity index (χ1v) is 7.98. The Bertz CT molecular complexity index is 1060. The summed E-state index contributed by atoms with van der Waals surface area (Å²) in [5, 5.41) is 4.37. The van der Waals surface area contributed by atoms with E-state index in [1.807, 2.05) is 11.8 Å². The number of alkyl halides is 3. The fourth-order valence-corrected chi connectivity index (χ4v) is 3.12. The minimum atomic E-state index is -4.43. The predicted molar refractivity (Wildman–Crippen MR) is 88.0 cm³/mol. The zero-order chi connectivity index (χ0) is 18.5. The molecule has 4 rings (SSSR count). The number of hydrogen-bond donors (Lipinski definition) is 0. The summed E-state index contributed by atoms with van der Waals surface area (Å²) in [6.07, 6.45) is -1.63. The van der Waals surface area contributed by atoms with Crippen LogP contribution in [0.4, 0.5) is 19.0 Å². The standard InChI is InChI=1S/C17H14F3N5O/c1-10-6-14-21-4-2-15(26)25(14)23-16(10)24-5-3-13-11(9-24)7-12(8-22-13)17(18,19)20/h2,4,6-8H,3,5,9H2,1H3. The highest BCUT2D eigenvalue weighted by atomic mass is 19.4. The molecule has 0 saturated carbocycles. The minimum Gasteiger partial charge on any atom is -0.350 e. The van der Waals surface area contributed by atoms with E-state index < -0.39 is 11.7 Å². The van der Waals surface area contributed by atoms with Gasteiger partial charge < -0.3 is 4.90 Å². The molecule has 0 aliphatic carbocycles. The van der Waals surface area contributed by atoms with Crippen molar-refractivity contribution in [1.29, 1.82) is 0 Å². The van der Waals surface area contributed by atoms with Crippen LogP contribution in [0.15, 0.2) is 35.4 Å². The maximum Gasteiger partial charge on any atom is 0.417 e. The third-order valence-corrected chi connectivity index (χ3v) is 4.41. The van der Waals surface area contributed by atoms with Gasteiger partial charge in [0.2, 0.25) is 0 Å². The molecule has 4 heterocycles. The number of nitrogens with zero attached hydrogens (tertiary/aromatic N) is 5. The van der Waals surface area contributed by atoms with Gasteiger partial charge in [0.05, 0.1) is 5.56 Å². The van der Waals surface area contributed by atoms with Gasteiger partial charge in [-0.05, 0) is 30.2 Å². The highest BCUT2D eigenvalue weighted by molar-refractivity contribution is 5.53. The minimum absolute atomic E-state index is 0.251. The summed E-state index contributed by atoms with van der Waals surface area (Å²) >= 11 is 0. The third kappa shape index (κ3) is 2.79. The molecule has 9 heteroatoms. The molecular weight excluding hydrogens is 347 g/mol. The van der Waals surface area contributed by atoms with Gasteiger partial charge in [0, 0.05) is 43.7 Å². The molecule has 6 nitrogen and oxygen atoms in total. The van der Waals surface area contributed by atoms with E-state index in [2.05, 4.69) is 15.1 Å². The quantitative estimate of drug-likeness (QED) is 0.666. The predicted octanol–water partition coefficient (Wildman–Crippen LogP) is 2.37. The summed E-state index contributed by atoms with van der Waals surface area (Å²) in [6, 6.07) is 4.19. The molecule has 0 fully saturated rings. The van der Waals surface area contributed by atoms with Gasteiger partial charge in [-0.15, -0.1) is 5.10 Å². The van der Waals surface area contributed by atoms with Gasteiger partial charge in [0.15, 0.2) is 11.5 Å². The van der Waals surface area contributed by atoms with Crippen molar-refractivity contribution in [3.8, 4) is 0 Å². The van der Waals surface area contributed by atoms with E-state index in [0.717, 1.165) is 17.8 Å². The Morgan fingerprint density at radius 2 is 2.00 bits per heavy atom. The van der Waals surface area contributed by atoms with E-state index in [1.54, 1.807) is 6.07 Å². The molecule has 1 aliphatic heterocycles. The fraction of sp³-hybridized carbons (Fsp3) is 0.294. The number of aromatic nitrogens is 4. The molecule has 0 N–H and O–H groups in total. The van der Waals surface area contributed by atoms with Crippen LogP contribution in [0, 0.1) is 6.92 Å². The Morgan fingerprint density at radius 3 is 2.77 bits per heavy atom. The van der Waals surface area contributed by atoms with Crippen LogP contribution in [0.1, 0.15) is 22.4 Å². The lowest BCUT2D eigenvalue weighted by atomic mass is 10.0. The lowest BCUT2D eigenvalue weighted by Gasteiger charge is -2.30. The molecule has 134 valence electrons. The number of pyridine rings is 1. The van der Waals surface area contributed by atoms with Crippen LogP contribution in [0.25, 0.3) is 5.65 Å². The molecule has 3 aromatic rings. The first-order chi connectivity index (χ1) is 12.3. The highest BCUT2D eigenvalue weighted by Gasteiger charge is 2.32. The molecule has 0 saturated heterocycles. The van der Waals surface area contributed by atoms with Gasteiger partial charge in [-0.3, -0.25) is 9.78 Å². The Morgan fingerprint density at radius 1 is 1.19 bits per heavy atom. The number of hydrogen-bond acceptors (Lipinski definition) is 5. The first kappa shape index (κ1) is 16.5. The van der Waals surface area contributed by atoms with E-state index in [4.69, 9.17) is 0 Å². The van der Waals surface area contributed by atoms with Crippen molar-refractivity contribution in [2.45, 2.75) is 26.1 Å². The van der Waals surface area contributed by atoms with Crippen molar-refractivity contribution in [3.63, 3.8) is 0 Å².